The van der Waals surface area contributed by atoms with Gasteiger partial charge in [0.2, 0.25) is 0 Å². The van der Waals surface area contributed by atoms with Gasteiger partial charge >= 0.3 is 0 Å². The van der Waals surface area contributed by atoms with E-state index in [1.54, 1.807) is 24.3 Å². The molecule has 0 saturated heterocycles. The number of rotatable bonds is 2. The summed E-state index contributed by atoms with van der Waals surface area (Å²) in [7, 11) is 0. The summed E-state index contributed by atoms with van der Waals surface area (Å²) in [5.74, 6) is -0.383. The molecule has 0 fully saturated rings. The van der Waals surface area contributed by atoms with Crippen molar-refractivity contribution in [3.05, 3.63) is 74.9 Å². The number of carbonyl (C=O) groups is 1. The summed E-state index contributed by atoms with van der Waals surface area (Å²) in [5.41, 5.74) is -0.537. The Morgan fingerprint density at radius 1 is 1.27 bits per heavy atom. The van der Waals surface area contributed by atoms with Crippen molar-refractivity contribution in [3.63, 3.8) is 0 Å². The molecular weight excluding hydrogens is 284 g/mol. The van der Waals surface area contributed by atoms with E-state index in [2.05, 4.69) is 11.7 Å². The average molecular weight is 296 g/mol. The van der Waals surface area contributed by atoms with Crippen molar-refractivity contribution in [2.24, 2.45) is 0 Å². The highest BCUT2D eigenvalue weighted by Gasteiger charge is 2.16. The molecule has 0 spiro atoms. The van der Waals surface area contributed by atoms with Crippen molar-refractivity contribution in [1.29, 1.82) is 0 Å². The van der Waals surface area contributed by atoms with Gasteiger partial charge in [-0.15, -0.1) is 0 Å². The third-order valence-corrected chi connectivity index (χ3v) is 3.17. The summed E-state index contributed by atoms with van der Waals surface area (Å²) in [6.45, 7) is 3.72. The van der Waals surface area contributed by atoms with Crippen molar-refractivity contribution in [3.8, 4) is 5.75 Å². The van der Waals surface area contributed by atoms with Gasteiger partial charge < -0.3 is 9.52 Å². The molecule has 2 N–H and O–H groups in total. The lowest BCUT2D eigenvalue weighted by Crippen LogP contribution is -2.36. The van der Waals surface area contributed by atoms with Crippen LogP contribution in [0.5, 0.6) is 5.75 Å². The minimum absolute atomic E-state index is 0.0235. The number of para-hydroxylation sites is 1. The van der Waals surface area contributed by atoms with Gasteiger partial charge in [-0.3, -0.25) is 14.7 Å². The van der Waals surface area contributed by atoms with E-state index in [-0.39, 0.29) is 21.9 Å². The lowest BCUT2D eigenvalue weighted by Gasteiger charge is -2.02. The van der Waals surface area contributed by atoms with Crippen molar-refractivity contribution in [2.75, 3.05) is 0 Å². The van der Waals surface area contributed by atoms with Gasteiger partial charge in [0, 0.05) is 0 Å². The fourth-order valence-corrected chi connectivity index (χ4v) is 2.08. The van der Waals surface area contributed by atoms with Gasteiger partial charge in [0.05, 0.1) is 22.4 Å². The number of aromatic hydroxyl groups is 1. The van der Waals surface area contributed by atoms with Crippen molar-refractivity contribution in [2.45, 2.75) is 0 Å². The Morgan fingerprint density at radius 3 is 2.73 bits per heavy atom. The first kappa shape index (κ1) is 13.7. The SMILES string of the molecule is C=c1[nH]n(C(=O)c2ccccc2O)c(=O)/c1=C/c1ccco1. The molecule has 0 saturated carbocycles. The first-order valence-electron chi connectivity index (χ1n) is 6.46. The third-order valence-electron chi connectivity index (χ3n) is 3.17. The van der Waals surface area contributed by atoms with E-state index in [4.69, 9.17) is 4.42 Å². The van der Waals surface area contributed by atoms with Crippen LogP contribution in [0.1, 0.15) is 16.1 Å². The second-order valence-electron chi connectivity index (χ2n) is 4.63. The molecule has 3 rings (SSSR count). The number of nitrogens with zero attached hydrogens (tertiary/aromatic N) is 1. The molecule has 0 aliphatic carbocycles. The maximum Gasteiger partial charge on any atom is 0.283 e. The second kappa shape index (κ2) is 5.25. The monoisotopic (exact) mass is 296 g/mol. The summed E-state index contributed by atoms with van der Waals surface area (Å²) in [6, 6.07) is 9.37. The predicted octanol–water partition coefficient (Wildman–Crippen LogP) is 0.403. The molecule has 3 aromatic rings. The van der Waals surface area contributed by atoms with Crippen LogP contribution in [-0.2, 0) is 0 Å². The van der Waals surface area contributed by atoms with Crippen LogP contribution < -0.4 is 16.1 Å². The summed E-state index contributed by atoms with van der Waals surface area (Å²) < 4.78 is 5.96. The highest BCUT2D eigenvalue weighted by molar-refractivity contribution is 5.97. The van der Waals surface area contributed by atoms with Crippen LogP contribution >= 0.6 is 0 Å². The zero-order valence-electron chi connectivity index (χ0n) is 11.4. The first-order valence-corrected chi connectivity index (χ1v) is 6.46. The number of aromatic nitrogens is 2. The van der Waals surface area contributed by atoms with Gasteiger partial charge in [-0.1, -0.05) is 18.7 Å². The van der Waals surface area contributed by atoms with Gasteiger partial charge in [-0.25, -0.2) is 0 Å². The Labute approximate surface area is 124 Å². The lowest BCUT2D eigenvalue weighted by atomic mass is 10.2. The molecular formula is C16H12N2O4. The van der Waals surface area contributed by atoms with Crippen LogP contribution in [0.3, 0.4) is 0 Å². The number of phenolic OH excluding ortho intramolecular Hbond substituents is 1. The number of benzene rings is 1. The van der Waals surface area contributed by atoms with E-state index >= 15 is 0 Å². The molecule has 2 aromatic heterocycles. The van der Waals surface area contributed by atoms with Gasteiger partial charge in [-0.2, -0.15) is 4.68 Å². The molecule has 0 unspecified atom stereocenters. The normalized spacial score (nSPS) is 11.7. The quantitative estimate of drug-likeness (QED) is 0.716. The topological polar surface area (TPSA) is 88.2 Å². The number of furan rings is 1. The van der Waals surface area contributed by atoms with Crippen LogP contribution in [0.25, 0.3) is 12.7 Å². The number of phenols is 1. The molecule has 2 heterocycles. The molecule has 0 aliphatic heterocycles. The standard InChI is InChI=1S/C16H12N2O4/c1-10-13(9-11-5-4-8-22-11)16(21)18(17-10)15(20)12-6-2-3-7-14(12)19/h2-9,17,19H,1H2/b13-9+. The largest absolute Gasteiger partial charge is 0.507 e. The number of hydrogen-bond acceptors (Lipinski definition) is 4. The Balaban J connectivity index is 2.15. The molecule has 0 radical (unpaired) electrons. The second-order valence-corrected chi connectivity index (χ2v) is 4.63. The van der Waals surface area contributed by atoms with Crippen molar-refractivity contribution in [1.82, 2.24) is 9.78 Å². The number of carbonyl (C=O) groups excluding carboxylic acids is 1. The van der Waals surface area contributed by atoms with Crippen LogP contribution in [0.4, 0.5) is 0 Å². The predicted molar refractivity (Wildman–Crippen MR) is 79.9 cm³/mol. The summed E-state index contributed by atoms with van der Waals surface area (Å²) in [4.78, 5) is 24.7. The van der Waals surface area contributed by atoms with Crippen molar-refractivity contribution >= 4 is 18.6 Å². The zero-order valence-corrected chi connectivity index (χ0v) is 11.4. The van der Waals surface area contributed by atoms with Crippen LogP contribution in [0, 0.1) is 0 Å². The zero-order chi connectivity index (χ0) is 15.7. The molecule has 6 nitrogen and oxygen atoms in total. The minimum atomic E-state index is -0.660. The lowest BCUT2D eigenvalue weighted by molar-refractivity contribution is 0.0938. The number of aromatic amines is 1. The van der Waals surface area contributed by atoms with E-state index in [0.29, 0.717) is 5.76 Å². The molecule has 1 aromatic carbocycles. The summed E-state index contributed by atoms with van der Waals surface area (Å²) >= 11 is 0. The van der Waals surface area contributed by atoms with E-state index in [1.165, 1.54) is 24.5 Å². The smallest absolute Gasteiger partial charge is 0.283 e. The fourth-order valence-electron chi connectivity index (χ4n) is 2.08. The molecule has 0 atom stereocenters. The minimum Gasteiger partial charge on any atom is -0.507 e. The van der Waals surface area contributed by atoms with Gasteiger partial charge in [0.1, 0.15) is 11.5 Å². The summed E-state index contributed by atoms with van der Waals surface area (Å²) in [6.07, 6.45) is 2.97. The van der Waals surface area contributed by atoms with E-state index < -0.39 is 11.5 Å². The van der Waals surface area contributed by atoms with Gasteiger partial charge in [0.25, 0.3) is 11.5 Å². The summed E-state index contributed by atoms with van der Waals surface area (Å²) in [5, 5.41) is 12.8. The molecule has 110 valence electrons. The highest BCUT2D eigenvalue weighted by atomic mass is 16.3. The Kier molecular flexibility index (Phi) is 3.27. The molecule has 0 aliphatic rings. The number of nitrogens with one attached hydrogen (secondary N) is 1. The Morgan fingerprint density at radius 2 is 2.05 bits per heavy atom. The molecule has 0 amide bonds. The molecule has 6 heteroatoms. The van der Waals surface area contributed by atoms with Crippen LogP contribution in [0.15, 0.2) is 51.9 Å². The number of H-pyrrole nitrogens is 1. The highest BCUT2D eigenvalue weighted by Crippen LogP contribution is 2.15. The van der Waals surface area contributed by atoms with Gasteiger partial charge in [-0.05, 0) is 30.3 Å². The van der Waals surface area contributed by atoms with Gasteiger partial charge in [0.15, 0.2) is 0 Å². The maximum atomic E-state index is 12.4. The van der Waals surface area contributed by atoms with Crippen LogP contribution in [0.2, 0.25) is 0 Å². The van der Waals surface area contributed by atoms with Crippen LogP contribution in [-0.4, -0.2) is 20.8 Å². The average Bonchev–Trinajstić information content (AvgIpc) is 3.11. The van der Waals surface area contributed by atoms with Crippen molar-refractivity contribution < 1.29 is 14.3 Å². The van der Waals surface area contributed by atoms with E-state index in [1.807, 2.05) is 0 Å². The maximum absolute atomic E-state index is 12.4. The van der Waals surface area contributed by atoms with E-state index in [9.17, 15) is 14.7 Å². The Bertz CT molecular complexity index is 994. The number of hydrogen-bond donors (Lipinski definition) is 2. The molecule has 22 heavy (non-hydrogen) atoms. The third kappa shape index (κ3) is 2.26. The van der Waals surface area contributed by atoms with E-state index in [0.717, 1.165) is 4.68 Å². The molecule has 0 bridgehead atoms. The first-order chi connectivity index (χ1) is 10.6. The Hall–Kier alpha value is -3.28. The fraction of sp³-hybridized carbons (Fsp3) is 0.